The Kier molecular flexibility index (Phi) is 8.64. The van der Waals surface area contributed by atoms with Crippen molar-refractivity contribution in [2.45, 2.75) is 43.5 Å². The van der Waals surface area contributed by atoms with Crippen LogP contribution in [0, 0.1) is 0 Å². The second-order valence-corrected chi connectivity index (χ2v) is 9.93. The highest BCUT2D eigenvalue weighted by Crippen LogP contribution is 2.40. The number of fused-ring (bicyclic) bond motifs is 2. The van der Waals surface area contributed by atoms with Crippen molar-refractivity contribution in [1.29, 1.82) is 0 Å². The molecule has 1 aliphatic carbocycles. The predicted molar refractivity (Wildman–Crippen MR) is 147 cm³/mol. The van der Waals surface area contributed by atoms with Crippen molar-refractivity contribution in [2.24, 2.45) is 0 Å². The maximum atomic E-state index is 12.9. The van der Waals surface area contributed by atoms with Crippen LogP contribution in [0.25, 0.3) is 33.4 Å². The fraction of sp³-hybridized carbons (Fsp3) is 0.333. The summed E-state index contributed by atoms with van der Waals surface area (Å²) >= 11 is 0. The van der Waals surface area contributed by atoms with Crippen LogP contribution in [0.1, 0.15) is 23.2 Å². The second-order valence-electron chi connectivity index (χ2n) is 9.93. The summed E-state index contributed by atoms with van der Waals surface area (Å²) in [6, 6.07) is 16.4. The van der Waals surface area contributed by atoms with Crippen LogP contribution in [0.15, 0.2) is 69.9 Å². The fourth-order valence-corrected chi connectivity index (χ4v) is 4.92. The first-order chi connectivity index (χ1) is 19.8. The van der Waals surface area contributed by atoms with Crippen molar-refractivity contribution in [3.8, 4) is 28.2 Å². The molecule has 0 spiro atoms. The lowest BCUT2D eigenvalue weighted by molar-refractivity contribution is -0.301. The van der Waals surface area contributed by atoms with E-state index in [1.807, 2.05) is 6.07 Å². The largest absolute Gasteiger partial charge is 0.508 e. The van der Waals surface area contributed by atoms with E-state index in [9.17, 15) is 35.1 Å². The monoisotopic (exact) mass is 565 g/mol. The van der Waals surface area contributed by atoms with E-state index < -0.39 is 37.3 Å². The van der Waals surface area contributed by atoms with Crippen LogP contribution in [-0.2, 0) is 9.47 Å². The van der Waals surface area contributed by atoms with Crippen molar-refractivity contribution in [1.82, 2.24) is 5.32 Å². The summed E-state index contributed by atoms with van der Waals surface area (Å²) in [6.45, 7) is -0.0224. The Morgan fingerprint density at radius 1 is 0.951 bits per heavy atom. The molecule has 11 nitrogen and oxygen atoms in total. The Morgan fingerprint density at radius 3 is 2.59 bits per heavy atom. The van der Waals surface area contributed by atoms with Crippen LogP contribution in [-0.4, -0.2) is 81.9 Å². The molecule has 5 atom stereocenters. The Morgan fingerprint density at radius 2 is 1.78 bits per heavy atom. The number of benzene rings is 3. The third-order valence-electron chi connectivity index (χ3n) is 7.08. The van der Waals surface area contributed by atoms with E-state index in [0.717, 1.165) is 11.1 Å². The van der Waals surface area contributed by atoms with Gasteiger partial charge in [0.25, 0.3) is 5.91 Å². The lowest BCUT2D eigenvalue weighted by atomic mass is 9.92. The number of hydrogen-bond acceptors (Lipinski definition) is 10. The third kappa shape index (κ3) is 6.10. The molecule has 3 aliphatic rings. The molecule has 6 N–H and O–H groups in total. The van der Waals surface area contributed by atoms with Gasteiger partial charge in [-0.3, -0.25) is 9.59 Å². The number of aromatic hydroxyl groups is 1. The predicted octanol–water partition coefficient (Wildman–Crippen LogP) is 1.60. The molecule has 0 aromatic heterocycles. The Labute approximate surface area is 234 Å². The van der Waals surface area contributed by atoms with Crippen LogP contribution in [0.4, 0.5) is 0 Å². The molecule has 2 aliphatic heterocycles. The minimum Gasteiger partial charge on any atom is -0.508 e. The van der Waals surface area contributed by atoms with Crippen LogP contribution >= 0.6 is 0 Å². The van der Waals surface area contributed by atoms with Gasteiger partial charge in [-0.15, -0.1) is 0 Å². The summed E-state index contributed by atoms with van der Waals surface area (Å²) in [5.41, 5.74) is 2.82. The van der Waals surface area contributed by atoms with Gasteiger partial charge in [-0.05, 0) is 54.8 Å². The number of amides is 1. The van der Waals surface area contributed by atoms with E-state index in [-0.39, 0.29) is 23.7 Å². The molecule has 0 bridgehead atoms. The molecule has 11 heteroatoms. The summed E-state index contributed by atoms with van der Waals surface area (Å²) < 4.78 is 16.7. The Balaban J connectivity index is 1.22. The number of carbonyl (C=O) groups excluding carboxylic acids is 1. The van der Waals surface area contributed by atoms with Crippen molar-refractivity contribution in [2.75, 3.05) is 19.8 Å². The number of unbranched alkanes of at least 4 members (excludes halogenated alkanes) is 1. The minimum atomic E-state index is -1.50. The van der Waals surface area contributed by atoms with E-state index in [0.29, 0.717) is 47.2 Å². The van der Waals surface area contributed by atoms with Crippen LogP contribution < -0.4 is 10.7 Å². The number of carbonyl (C=O) groups is 1. The lowest BCUT2D eigenvalue weighted by Gasteiger charge is -2.39. The van der Waals surface area contributed by atoms with E-state index in [4.69, 9.17) is 13.9 Å². The molecule has 0 saturated carbocycles. The number of aliphatic hydroxyl groups excluding tert-OH is 4. The maximum Gasteiger partial charge on any atom is 0.251 e. The molecule has 2 heterocycles. The lowest BCUT2D eigenvalue weighted by Crippen LogP contribution is -2.59. The van der Waals surface area contributed by atoms with E-state index in [2.05, 4.69) is 5.32 Å². The number of hydrogen-bond donors (Lipinski definition) is 6. The van der Waals surface area contributed by atoms with Gasteiger partial charge in [0.15, 0.2) is 11.7 Å². The smallest absolute Gasteiger partial charge is 0.251 e. The molecule has 41 heavy (non-hydrogen) atoms. The third-order valence-corrected chi connectivity index (χ3v) is 7.08. The number of rotatable bonds is 9. The van der Waals surface area contributed by atoms with Crippen LogP contribution in [0.5, 0.6) is 5.75 Å². The zero-order chi connectivity index (χ0) is 29.1. The summed E-state index contributed by atoms with van der Waals surface area (Å²) in [7, 11) is 0. The number of nitrogens with one attached hydrogen (secondary N) is 1. The van der Waals surface area contributed by atoms with Gasteiger partial charge in [0, 0.05) is 47.4 Å². The summed E-state index contributed by atoms with van der Waals surface area (Å²) in [5.74, 6) is 0.110. The average Bonchev–Trinajstić information content (AvgIpc) is 2.97. The molecule has 2 aromatic rings. The molecular formula is C30H31NO10. The topological polar surface area (TPSA) is 179 Å². The van der Waals surface area contributed by atoms with Crippen LogP contribution in [0.3, 0.4) is 0 Å². The zero-order valence-electron chi connectivity index (χ0n) is 22.0. The van der Waals surface area contributed by atoms with E-state index >= 15 is 0 Å². The minimum absolute atomic E-state index is 0.0246. The molecule has 216 valence electrons. The summed E-state index contributed by atoms with van der Waals surface area (Å²) in [6.07, 6.45) is -5.57. The van der Waals surface area contributed by atoms with Gasteiger partial charge in [0.1, 0.15) is 41.5 Å². The zero-order valence-corrected chi connectivity index (χ0v) is 22.0. The average molecular weight is 566 g/mol. The normalized spacial score (nSPS) is 22.7. The molecule has 5 unspecified atom stereocenters. The quantitative estimate of drug-likeness (QED) is 0.129. The molecule has 1 amide bonds. The number of ether oxygens (including phenoxy) is 2. The number of aliphatic hydroxyl groups is 4. The van der Waals surface area contributed by atoms with Crippen molar-refractivity contribution in [3.05, 3.63) is 76.5 Å². The van der Waals surface area contributed by atoms with Gasteiger partial charge in [-0.2, -0.15) is 0 Å². The maximum absolute atomic E-state index is 12.9. The summed E-state index contributed by atoms with van der Waals surface area (Å²) in [5, 5.41) is 52.5. The highest BCUT2D eigenvalue weighted by atomic mass is 16.7. The van der Waals surface area contributed by atoms with Gasteiger partial charge >= 0.3 is 0 Å². The highest BCUT2D eigenvalue weighted by Gasteiger charge is 2.43. The molecule has 0 radical (unpaired) electrons. The van der Waals surface area contributed by atoms with Gasteiger partial charge in [-0.25, -0.2) is 0 Å². The highest BCUT2D eigenvalue weighted by molar-refractivity contribution is 6.03. The van der Waals surface area contributed by atoms with Gasteiger partial charge in [0.05, 0.1) is 6.61 Å². The molecule has 1 saturated heterocycles. The first kappa shape index (κ1) is 28.7. The first-order valence-electron chi connectivity index (χ1n) is 13.3. The fourth-order valence-electron chi connectivity index (χ4n) is 4.92. The standard InChI is InChI=1S/C30H31NO10/c32-15-24-26(35)27(36)28(37)30(41-24)39-11-2-1-10-31-29(38)17-5-3-4-16(12-17)25-20-8-6-18(33)13-22(20)40-23-14-19(34)7-9-21(23)25/h3-9,12-14,24,26-28,30,32-33,35-37H,1-2,10-11,15H2,(H,31,38). The van der Waals surface area contributed by atoms with Gasteiger partial charge in [0.2, 0.25) is 0 Å². The van der Waals surface area contributed by atoms with E-state index in [1.165, 1.54) is 18.2 Å². The Hall–Kier alpha value is -3.84. The van der Waals surface area contributed by atoms with Crippen LogP contribution in [0.2, 0.25) is 0 Å². The first-order valence-corrected chi connectivity index (χ1v) is 13.3. The van der Waals surface area contributed by atoms with Gasteiger partial charge < -0.3 is 44.7 Å². The molecule has 2 aromatic carbocycles. The van der Waals surface area contributed by atoms with Gasteiger partial charge in [-0.1, -0.05) is 12.1 Å². The van der Waals surface area contributed by atoms with Crippen molar-refractivity contribution in [3.63, 3.8) is 0 Å². The summed E-state index contributed by atoms with van der Waals surface area (Å²) in [4.78, 5) is 24.9. The molecular weight excluding hydrogens is 534 g/mol. The van der Waals surface area contributed by atoms with Crippen molar-refractivity contribution < 1.29 is 44.2 Å². The van der Waals surface area contributed by atoms with Crippen molar-refractivity contribution >= 4 is 16.9 Å². The van der Waals surface area contributed by atoms with E-state index in [1.54, 1.807) is 36.4 Å². The SMILES string of the molecule is O=C(NCCCCOC1OC(CO)C(O)C(O)C1O)c1cccc(-c2c3ccc(=O)cc-3oc3cc(O)ccc23)c1. The number of phenols is 1. The molecule has 5 rings (SSSR count). The number of phenolic OH excluding ortho intramolecular Hbond substituents is 1. The Bertz CT molecular complexity index is 1550. The second kappa shape index (κ2) is 12.4. The molecule has 1 fully saturated rings.